The largest absolute Gasteiger partial charge is 0.481 e. The first-order valence-corrected chi connectivity index (χ1v) is 12.0. The quantitative estimate of drug-likeness (QED) is 0.462. The lowest BCUT2D eigenvalue weighted by molar-refractivity contribution is -0.142. The van der Waals surface area contributed by atoms with Crippen LogP contribution in [0.3, 0.4) is 0 Å². The number of carbonyl (C=O) groups excluding carboxylic acids is 2. The first kappa shape index (κ1) is 23.0. The van der Waals surface area contributed by atoms with E-state index in [1.165, 1.54) is 6.20 Å². The molecule has 5 rings (SSSR count). The minimum atomic E-state index is -1.01. The van der Waals surface area contributed by atoms with E-state index in [4.69, 9.17) is 9.47 Å². The number of ether oxygens (including phenoxy) is 2. The summed E-state index contributed by atoms with van der Waals surface area (Å²) in [7, 11) is 0. The number of fused-ring (bicyclic) bond motifs is 3. The molecule has 2 atom stereocenters. The van der Waals surface area contributed by atoms with Crippen LogP contribution in [0.2, 0.25) is 0 Å². The fourth-order valence-electron chi connectivity index (χ4n) is 4.47. The monoisotopic (exact) mass is 493 g/mol. The molecule has 180 valence electrons. The number of hydrogen-bond donors (Lipinski definition) is 3. The van der Waals surface area contributed by atoms with Gasteiger partial charge >= 0.3 is 12.1 Å². The lowest BCUT2D eigenvalue weighted by Crippen LogP contribution is -2.42. The highest BCUT2D eigenvalue weighted by Crippen LogP contribution is 2.44. The molecular weight excluding hydrogens is 470 g/mol. The smallest absolute Gasteiger partial charge is 0.407 e. The Morgan fingerprint density at radius 1 is 1.06 bits per heavy atom. The van der Waals surface area contributed by atoms with Gasteiger partial charge in [-0.2, -0.15) is 0 Å². The number of amides is 2. The maximum atomic E-state index is 12.5. The van der Waals surface area contributed by atoms with Gasteiger partial charge in [0.1, 0.15) is 22.4 Å². The highest BCUT2D eigenvalue weighted by Gasteiger charge is 2.35. The van der Waals surface area contributed by atoms with E-state index in [1.807, 2.05) is 24.3 Å². The number of carboxylic acid groups (broad SMARTS) is 1. The first-order valence-electron chi connectivity index (χ1n) is 11.2. The minimum absolute atomic E-state index is 0.0301. The lowest BCUT2D eigenvalue weighted by Gasteiger charge is -2.14. The number of benzene rings is 2. The van der Waals surface area contributed by atoms with Crippen molar-refractivity contribution in [1.29, 1.82) is 0 Å². The molecule has 1 aromatic heterocycles. The van der Waals surface area contributed by atoms with Gasteiger partial charge in [0.05, 0.1) is 32.0 Å². The lowest BCUT2D eigenvalue weighted by atomic mass is 9.98. The second kappa shape index (κ2) is 9.85. The van der Waals surface area contributed by atoms with Gasteiger partial charge in [0.2, 0.25) is 0 Å². The van der Waals surface area contributed by atoms with Crippen LogP contribution in [0, 0.1) is 5.92 Å². The number of aliphatic carboxylic acids is 1. The molecule has 2 amide bonds. The van der Waals surface area contributed by atoms with E-state index in [-0.39, 0.29) is 32.3 Å². The summed E-state index contributed by atoms with van der Waals surface area (Å²) in [6, 6.07) is 15.6. The normalized spacial score (nSPS) is 18.5. The fourth-order valence-corrected chi connectivity index (χ4v) is 5.23. The highest BCUT2D eigenvalue weighted by atomic mass is 32.1. The number of carboxylic acids is 1. The SMILES string of the molecule is O=C(NCc1ncc(C(=O)NC2COCC2C(=O)O)s1)OCC1c2ccccc2-c2ccccc21. The number of alkyl carbamates (subject to hydrolysis) is 1. The zero-order valence-electron chi connectivity index (χ0n) is 18.6. The van der Waals surface area contributed by atoms with Crippen LogP contribution < -0.4 is 10.6 Å². The predicted octanol–water partition coefficient (Wildman–Crippen LogP) is 3.01. The molecule has 1 fully saturated rings. The van der Waals surface area contributed by atoms with Gasteiger partial charge in [0, 0.05) is 5.92 Å². The van der Waals surface area contributed by atoms with Gasteiger partial charge in [0.15, 0.2) is 0 Å². The number of nitrogens with zero attached hydrogens (tertiary/aromatic N) is 1. The van der Waals surface area contributed by atoms with Crippen molar-refractivity contribution in [2.24, 2.45) is 5.92 Å². The number of aromatic nitrogens is 1. The standard InChI is InChI=1S/C25H23N3O6S/c29-23(28-20-13-33-11-19(20)24(30)31)21-9-26-22(35-21)10-27-25(32)34-12-18-16-7-3-1-5-14(16)15-6-2-4-8-17(15)18/h1-9,18-20H,10-13H2,(H,27,32)(H,28,29)(H,30,31). The Hall–Kier alpha value is -3.76. The molecule has 1 saturated heterocycles. The molecular formula is C25H23N3O6S. The number of rotatable bonds is 7. The van der Waals surface area contributed by atoms with Gasteiger partial charge in [-0.3, -0.25) is 9.59 Å². The van der Waals surface area contributed by atoms with Crippen LogP contribution in [0.4, 0.5) is 4.79 Å². The fraction of sp³-hybridized carbons (Fsp3) is 0.280. The summed E-state index contributed by atoms with van der Waals surface area (Å²) in [4.78, 5) is 40.6. The molecule has 2 heterocycles. The van der Waals surface area contributed by atoms with Crippen molar-refractivity contribution in [2.75, 3.05) is 19.8 Å². The molecule has 0 bridgehead atoms. The van der Waals surface area contributed by atoms with Crippen molar-refractivity contribution < 1.29 is 29.0 Å². The van der Waals surface area contributed by atoms with Gasteiger partial charge in [-0.25, -0.2) is 9.78 Å². The Morgan fingerprint density at radius 2 is 1.74 bits per heavy atom. The van der Waals surface area contributed by atoms with Crippen molar-refractivity contribution in [3.8, 4) is 11.1 Å². The molecule has 2 unspecified atom stereocenters. The van der Waals surface area contributed by atoms with Crippen LogP contribution in [0.25, 0.3) is 11.1 Å². The van der Waals surface area contributed by atoms with Gasteiger partial charge in [-0.05, 0) is 22.3 Å². The summed E-state index contributed by atoms with van der Waals surface area (Å²) in [6.07, 6.45) is 0.834. The summed E-state index contributed by atoms with van der Waals surface area (Å²) in [6.45, 7) is 0.536. The van der Waals surface area contributed by atoms with Gasteiger partial charge in [-0.1, -0.05) is 48.5 Å². The highest BCUT2D eigenvalue weighted by molar-refractivity contribution is 7.13. The minimum Gasteiger partial charge on any atom is -0.481 e. The first-order chi connectivity index (χ1) is 17.0. The maximum absolute atomic E-state index is 12.5. The van der Waals surface area contributed by atoms with Gasteiger partial charge in [0.25, 0.3) is 5.91 Å². The summed E-state index contributed by atoms with van der Waals surface area (Å²) in [5.74, 6) is -2.24. The maximum Gasteiger partial charge on any atom is 0.407 e. The second-order valence-electron chi connectivity index (χ2n) is 8.36. The Morgan fingerprint density at radius 3 is 2.43 bits per heavy atom. The molecule has 0 spiro atoms. The van der Waals surface area contributed by atoms with E-state index in [9.17, 15) is 19.5 Å². The van der Waals surface area contributed by atoms with E-state index in [1.54, 1.807) is 0 Å². The number of thiazole rings is 1. The van der Waals surface area contributed by atoms with Crippen molar-refractivity contribution in [1.82, 2.24) is 15.6 Å². The molecule has 2 aliphatic rings. The van der Waals surface area contributed by atoms with Crippen molar-refractivity contribution in [3.05, 3.63) is 75.7 Å². The predicted molar refractivity (Wildman–Crippen MR) is 127 cm³/mol. The molecule has 1 aliphatic heterocycles. The zero-order chi connectivity index (χ0) is 24.4. The average Bonchev–Trinajstić information content (AvgIpc) is 3.59. The summed E-state index contributed by atoms with van der Waals surface area (Å²) in [5, 5.41) is 15.1. The van der Waals surface area contributed by atoms with E-state index < -0.39 is 29.9 Å². The molecule has 0 saturated carbocycles. The van der Waals surface area contributed by atoms with E-state index in [0.29, 0.717) is 9.88 Å². The molecule has 1 aliphatic carbocycles. The van der Waals surface area contributed by atoms with Gasteiger partial charge in [-0.15, -0.1) is 11.3 Å². The number of hydrogen-bond acceptors (Lipinski definition) is 7. The van der Waals surface area contributed by atoms with E-state index >= 15 is 0 Å². The molecule has 3 aromatic rings. The Kier molecular flexibility index (Phi) is 6.47. The zero-order valence-corrected chi connectivity index (χ0v) is 19.4. The molecule has 9 nitrogen and oxygen atoms in total. The van der Waals surface area contributed by atoms with Crippen LogP contribution in [0.5, 0.6) is 0 Å². The Bertz CT molecular complexity index is 1230. The number of carbonyl (C=O) groups is 3. The van der Waals surface area contributed by atoms with Gasteiger partial charge < -0.3 is 25.2 Å². The Balaban J connectivity index is 1.14. The third-order valence-electron chi connectivity index (χ3n) is 6.22. The molecule has 35 heavy (non-hydrogen) atoms. The van der Waals surface area contributed by atoms with Crippen LogP contribution in [-0.4, -0.2) is 53.9 Å². The van der Waals surface area contributed by atoms with Crippen LogP contribution in [-0.2, 0) is 20.8 Å². The second-order valence-corrected chi connectivity index (χ2v) is 9.47. The third kappa shape index (κ3) is 4.75. The van der Waals surface area contributed by atoms with Crippen LogP contribution in [0.1, 0.15) is 31.7 Å². The van der Waals surface area contributed by atoms with Crippen molar-refractivity contribution in [2.45, 2.75) is 18.5 Å². The Labute approximate surface area is 205 Å². The van der Waals surface area contributed by atoms with Crippen LogP contribution in [0.15, 0.2) is 54.7 Å². The summed E-state index contributed by atoms with van der Waals surface area (Å²) >= 11 is 1.12. The summed E-state index contributed by atoms with van der Waals surface area (Å²) < 4.78 is 10.7. The third-order valence-corrected chi connectivity index (χ3v) is 7.22. The molecule has 0 radical (unpaired) electrons. The van der Waals surface area contributed by atoms with E-state index in [2.05, 4.69) is 39.9 Å². The molecule has 3 N–H and O–H groups in total. The molecule has 10 heteroatoms. The van der Waals surface area contributed by atoms with E-state index in [0.717, 1.165) is 33.6 Å². The average molecular weight is 494 g/mol. The topological polar surface area (TPSA) is 127 Å². The van der Waals surface area contributed by atoms with Crippen molar-refractivity contribution in [3.63, 3.8) is 0 Å². The van der Waals surface area contributed by atoms with Crippen molar-refractivity contribution >= 4 is 29.3 Å². The molecule has 2 aromatic carbocycles. The summed E-state index contributed by atoms with van der Waals surface area (Å²) in [5.41, 5.74) is 4.58. The number of nitrogens with one attached hydrogen (secondary N) is 2. The van der Waals surface area contributed by atoms with Crippen LogP contribution >= 0.6 is 11.3 Å².